The Morgan fingerprint density at radius 1 is 1.18 bits per heavy atom. The van der Waals surface area contributed by atoms with Gasteiger partial charge in [-0.2, -0.15) is 5.26 Å². The van der Waals surface area contributed by atoms with Gasteiger partial charge >= 0.3 is 0 Å². The van der Waals surface area contributed by atoms with Gasteiger partial charge in [0.2, 0.25) is 0 Å². The number of nitrogens with one attached hydrogen (secondary N) is 2. The van der Waals surface area contributed by atoms with E-state index in [4.69, 9.17) is 0 Å². The Hall–Kier alpha value is -4.20. The van der Waals surface area contributed by atoms with Crippen LogP contribution in [0.5, 0.6) is 0 Å². The van der Waals surface area contributed by atoms with Gasteiger partial charge in [0.15, 0.2) is 0 Å². The van der Waals surface area contributed by atoms with Crippen LogP contribution in [-0.2, 0) is 5.54 Å². The molecule has 0 aliphatic heterocycles. The number of fused-ring (bicyclic) bond motifs is 1. The van der Waals surface area contributed by atoms with Crippen molar-refractivity contribution in [2.75, 3.05) is 17.2 Å². The van der Waals surface area contributed by atoms with Crippen molar-refractivity contribution in [3.8, 4) is 6.07 Å². The van der Waals surface area contributed by atoms with E-state index >= 15 is 0 Å². The second-order valence-corrected chi connectivity index (χ2v) is 10.9. The van der Waals surface area contributed by atoms with Gasteiger partial charge in [0.1, 0.15) is 29.4 Å². The quantitative estimate of drug-likeness (QED) is 0.327. The van der Waals surface area contributed by atoms with Crippen LogP contribution in [0.1, 0.15) is 62.2 Å². The number of rotatable bonds is 8. The lowest BCUT2D eigenvalue weighted by molar-refractivity contribution is 0.0593. The fourth-order valence-corrected chi connectivity index (χ4v) is 4.41. The SMILES string of the molecule is Cc1ncccc1[C@H](Nc1cc(C#N)c2ncnc(NCC(C)(C)C)c2c1)c1cn(C2(C(F)F)CC2)nn1. The molecule has 1 fully saturated rings. The van der Waals surface area contributed by atoms with Crippen LogP contribution in [0.2, 0.25) is 0 Å². The first-order chi connectivity index (χ1) is 18.1. The summed E-state index contributed by atoms with van der Waals surface area (Å²) in [5.41, 5.74) is 2.31. The molecular formula is C27H29F2N9. The molecule has 1 atom stereocenters. The molecule has 4 aromatic rings. The van der Waals surface area contributed by atoms with Gasteiger partial charge in [-0.05, 0) is 43.4 Å². The van der Waals surface area contributed by atoms with Gasteiger partial charge in [0.05, 0.1) is 23.3 Å². The van der Waals surface area contributed by atoms with Gasteiger partial charge in [-0.25, -0.2) is 23.4 Å². The molecule has 38 heavy (non-hydrogen) atoms. The van der Waals surface area contributed by atoms with E-state index in [1.54, 1.807) is 18.5 Å². The van der Waals surface area contributed by atoms with E-state index in [-0.39, 0.29) is 5.41 Å². The second kappa shape index (κ2) is 9.59. The minimum absolute atomic E-state index is 0.0110. The summed E-state index contributed by atoms with van der Waals surface area (Å²) in [5, 5.41) is 25.8. The van der Waals surface area contributed by atoms with Crippen LogP contribution in [0.25, 0.3) is 10.9 Å². The molecule has 0 unspecified atom stereocenters. The van der Waals surface area contributed by atoms with Gasteiger partial charge in [-0.3, -0.25) is 4.98 Å². The van der Waals surface area contributed by atoms with Gasteiger partial charge in [-0.1, -0.05) is 32.1 Å². The van der Waals surface area contributed by atoms with Gasteiger partial charge < -0.3 is 10.6 Å². The number of pyridine rings is 1. The molecule has 0 saturated heterocycles. The van der Waals surface area contributed by atoms with E-state index in [1.165, 1.54) is 11.0 Å². The third-order valence-electron chi connectivity index (χ3n) is 6.75. The number of nitrogens with zero attached hydrogens (tertiary/aromatic N) is 7. The Morgan fingerprint density at radius 2 is 1.97 bits per heavy atom. The van der Waals surface area contributed by atoms with Crippen molar-refractivity contribution in [2.24, 2.45) is 5.41 Å². The largest absolute Gasteiger partial charge is 0.373 e. The summed E-state index contributed by atoms with van der Waals surface area (Å²) in [5.74, 6) is 0.623. The Bertz CT molecular complexity index is 1510. The van der Waals surface area contributed by atoms with Crippen LogP contribution in [-0.4, -0.2) is 42.9 Å². The van der Waals surface area contributed by atoms with Crippen LogP contribution in [0.15, 0.2) is 43.0 Å². The molecule has 196 valence electrons. The Morgan fingerprint density at radius 3 is 2.63 bits per heavy atom. The molecule has 0 bridgehead atoms. The van der Waals surface area contributed by atoms with Crippen molar-refractivity contribution in [1.82, 2.24) is 29.9 Å². The van der Waals surface area contributed by atoms with Crippen LogP contribution in [0, 0.1) is 23.7 Å². The highest BCUT2D eigenvalue weighted by molar-refractivity contribution is 5.95. The summed E-state index contributed by atoms with van der Waals surface area (Å²) in [4.78, 5) is 13.2. The molecule has 0 amide bonds. The third kappa shape index (κ3) is 4.86. The predicted octanol–water partition coefficient (Wildman–Crippen LogP) is 5.21. The molecule has 1 aromatic carbocycles. The van der Waals surface area contributed by atoms with E-state index in [0.717, 1.165) is 11.3 Å². The Balaban J connectivity index is 1.58. The third-order valence-corrected chi connectivity index (χ3v) is 6.75. The average Bonchev–Trinajstić information content (AvgIpc) is 3.56. The highest BCUT2D eigenvalue weighted by Crippen LogP contribution is 2.48. The van der Waals surface area contributed by atoms with Crippen LogP contribution in [0.4, 0.5) is 20.3 Å². The molecule has 11 heteroatoms. The molecule has 0 spiro atoms. The first-order valence-electron chi connectivity index (χ1n) is 12.4. The number of nitriles is 1. The molecule has 1 aliphatic carbocycles. The maximum atomic E-state index is 13.7. The zero-order valence-corrected chi connectivity index (χ0v) is 21.7. The summed E-state index contributed by atoms with van der Waals surface area (Å²) in [6.45, 7) is 8.89. The summed E-state index contributed by atoms with van der Waals surface area (Å²) in [6.07, 6.45) is 2.90. The zero-order valence-electron chi connectivity index (χ0n) is 21.7. The van der Waals surface area contributed by atoms with Gasteiger partial charge in [0, 0.05) is 35.1 Å². The predicted molar refractivity (Wildman–Crippen MR) is 140 cm³/mol. The lowest BCUT2D eigenvalue weighted by Gasteiger charge is -2.22. The Labute approximate surface area is 219 Å². The standard InChI is InChI=1S/C27H29F2N9/c1-16-19(6-5-9-31-16)23(21-13-38(37-36-21)27(7-8-27)25(28)29)35-18-10-17(12-30)22-20(11-18)24(34-15-33-22)32-14-26(2,3)4/h5-6,9-11,13,15,23,25,35H,7-8,14H2,1-4H3,(H,32,33,34)/t23-/m0/s1. The minimum Gasteiger partial charge on any atom is -0.373 e. The molecule has 2 N–H and O–H groups in total. The number of aryl methyl sites for hydroxylation is 1. The van der Waals surface area contributed by atoms with E-state index in [2.05, 4.69) is 62.7 Å². The van der Waals surface area contributed by atoms with Crippen molar-refractivity contribution in [1.29, 1.82) is 5.26 Å². The molecule has 5 rings (SSSR count). The highest BCUT2D eigenvalue weighted by Gasteiger charge is 2.54. The number of hydrogen-bond acceptors (Lipinski definition) is 8. The zero-order chi connectivity index (χ0) is 27.1. The van der Waals surface area contributed by atoms with E-state index < -0.39 is 18.0 Å². The number of anilines is 2. The van der Waals surface area contributed by atoms with Gasteiger partial charge in [0.25, 0.3) is 6.43 Å². The molecule has 3 aromatic heterocycles. The lowest BCUT2D eigenvalue weighted by Crippen LogP contribution is -2.26. The number of benzene rings is 1. The van der Waals surface area contributed by atoms with Crippen molar-refractivity contribution in [3.63, 3.8) is 0 Å². The van der Waals surface area contributed by atoms with Crippen LogP contribution >= 0.6 is 0 Å². The normalized spacial score (nSPS) is 15.3. The lowest BCUT2D eigenvalue weighted by atomic mass is 9.97. The maximum absolute atomic E-state index is 13.7. The van der Waals surface area contributed by atoms with Gasteiger partial charge in [-0.15, -0.1) is 5.10 Å². The number of aromatic nitrogens is 6. The molecular weight excluding hydrogens is 488 g/mol. The smallest absolute Gasteiger partial charge is 0.263 e. The molecule has 1 aliphatic rings. The van der Waals surface area contributed by atoms with Crippen molar-refractivity contribution < 1.29 is 8.78 Å². The second-order valence-electron chi connectivity index (χ2n) is 10.9. The first kappa shape index (κ1) is 25.4. The summed E-state index contributed by atoms with van der Waals surface area (Å²) in [6, 6.07) is 9.00. The van der Waals surface area contributed by atoms with E-state index in [9.17, 15) is 14.0 Å². The fourth-order valence-electron chi connectivity index (χ4n) is 4.41. The topological polar surface area (TPSA) is 117 Å². The molecule has 9 nitrogen and oxygen atoms in total. The monoisotopic (exact) mass is 517 g/mol. The average molecular weight is 518 g/mol. The van der Waals surface area contributed by atoms with E-state index in [0.29, 0.717) is 53.1 Å². The number of halogens is 2. The Kier molecular flexibility index (Phi) is 6.42. The van der Waals surface area contributed by atoms with Crippen molar-refractivity contribution in [3.05, 3.63) is 65.5 Å². The highest BCUT2D eigenvalue weighted by atomic mass is 19.3. The first-order valence-corrected chi connectivity index (χ1v) is 12.4. The van der Waals surface area contributed by atoms with E-state index in [1.807, 2.05) is 25.1 Å². The van der Waals surface area contributed by atoms with Crippen LogP contribution < -0.4 is 10.6 Å². The molecule has 0 radical (unpaired) electrons. The molecule has 1 saturated carbocycles. The maximum Gasteiger partial charge on any atom is 0.263 e. The van der Waals surface area contributed by atoms with Crippen molar-refractivity contribution in [2.45, 2.75) is 58.5 Å². The number of hydrogen-bond donors (Lipinski definition) is 2. The fraction of sp³-hybridized carbons (Fsp3) is 0.407. The summed E-state index contributed by atoms with van der Waals surface area (Å²) in [7, 11) is 0. The minimum atomic E-state index is -2.53. The van der Waals surface area contributed by atoms with Crippen molar-refractivity contribution >= 4 is 22.4 Å². The van der Waals surface area contributed by atoms with Crippen LogP contribution in [0.3, 0.4) is 0 Å². The number of alkyl halides is 2. The summed E-state index contributed by atoms with van der Waals surface area (Å²) >= 11 is 0. The molecule has 3 heterocycles. The summed E-state index contributed by atoms with van der Waals surface area (Å²) < 4.78 is 28.8.